The van der Waals surface area contributed by atoms with Crippen LogP contribution in [0.4, 0.5) is 4.79 Å². The maximum absolute atomic E-state index is 12.7. The molecule has 1 rings (SSSR count). The van der Waals surface area contributed by atoms with Crippen LogP contribution in [0.2, 0.25) is 0 Å². The molecular formula is C14H27N3O3. The summed E-state index contributed by atoms with van der Waals surface area (Å²) >= 11 is 0. The van der Waals surface area contributed by atoms with Crippen LogP contribution in [0.25, 0.3) is 0 Å². The molecule has 20 heavy (non-hydrogen) atoms. The molecule has 0 aromatic rings. The predicted octanol–water partition coefficient (Wildman–Crippen LogP) is 1.32. The van der Waals surface area contributed by atoms with Gasteiger partial charge in [0.2, 0.25) is 0 Å². The predicted molar refractivity (Wildman–Crippen MR) is 77.8 cm³/mol. The van der Waals surface area contributed by atoms with Crippen molar-refractivity contribution in [2.45, 2.75) is 45.7 Å². The van der Waals surface area contributed by atoms with E-state index in [4.69, 9.17) is 5.11 Å². The zero-order valence-corrected chi connectivity index (χ0v) is 13.0. The molecule has 2 amide bonds. The number of hydrogen-bond acceptors (Lipinski definition) is 3. The van der Waals surface area contributed by atoms with E-state index >= 15 is 0 Å². The third-order valence-electron chi connectivity index (χ3n) is 3.97. The van der Waals surface area contributed by atoms with Gasteiger partial charge in [0, 0.05) is 25.2 Å². The van der Waals surface area contributed by atoms with Gasteiger partial charge in [0.25, 0.3) is 0 Å². The average Bonchev–Trinajstić information content (AvgIpc) is 2.54. The molecule has 0 aromatic heterocycles. The molecule has 0 spiro atoms. The number of hydrogen-bond donors (Lipinski definition) is 1. The van der Waals surface area contributed by atoms with Crippen molar-refractivity contribution in [3.05, 3.63) is 0 Å². The maximum Gasteiger partial charge on any atom is 0.323 e. The van der Waals surface area contributed by atoms with Crippen molar-refractivity contribution in [2.24, 2.45) is 0 Å². The number of carbonyl (C=O) groups excluding carboxylic acids is 1. The number of rotatable bonds is 4. The van der Waals surface area contributed by atoms with Crippen LogP contribution in [-0.2, 0) is 4.79 Å². The normalized spacial score (nSPS) is 22.2. The first-order chi connectivity index (χ1) is 9.36. The molecule has 116 valence electrons. The Hall–Kier alpha value is -1.30. The fourth-order valence-electron chi connectivity index (χ4n) is 2.60. The van der Waals surface area contributed by atoms with Crippen LogP contribution in [0, 0.1) is 0 Å². The lowest BCUT2D eigenvalue weighted by Crippen LogP contribution is -2.52. The summed E-state index contributed by atoms with van der Waals surface area (Å²) in [5.41, 5.74) is 0. The molecular weight excluding hydrogens is 258 g/mol. The second-order valence-corrected chi connectivity index (χ2v) is 5.72. The number of nitrogens with zero attached hydrogens (tertiary/aromatic N) is 3. The van der Waals surface area contributed by atoms with Crippen molar-refractivity contribution in [1.82, 2.24) is 14.7 Å². The highest BCUT2D eigenvalue weighted by Crippen LogP contribution is 2.14. The molecule has 0 saturated carbocycles. The van der Waals surface area contributed by atoms with Gasteiger partial charge in [-0.3, -0.25) is 4.79 Å². The minimum atomic E-state index is -0.960. The minimum Gasteiger partial charge on any atom is -0.480 e. The largest absolute Gasteiger partial charge is 0.480 e. The summed E-state index contributed by atoms with van der Waals surface area (Å²) < 4.78 is 0. The monoisotopic (exact) mass is 285 g/mol. The second-order valence-electron chi connectivity index (χ2n) is 5.72. The molecule has 0 bridgehead atoms. The molecule has 2 atom stereocenters. The smallest absolute Gasteiger partial charge is 0.323 e. The topological polar surface area (TPSA) is 64.1 Å². The first-order valence-electron chi connectivity index (χ1n) is 7.34. The van der Waals surface area contributed by atoms with Crippen molar-refractivity contribution in [2.75, 3.05) is 33.2 Å². The van der Waals surface area contributed by atoms with Gasteiger partial charge >= 0.3 is 12.0 Å². The van der Waals surface area contributed by atoms with Gasteiger partial charge in [0.1, 0.15) is 6.54 Å². The molecule has 1 fully saturated rings. The Bertz CT molecular complexity index is 349. The molecule has 6 nitrogen and oxygen atoms in total. The summed E-state index contributed by atoms with van der Waals surface area (Å²) in [6, 6.07) is -0.105. The number of amides is 2. The number of carboxylic acids is 1. The molecule has 1 aliphatic rings. The Labute approximate surface area is 121 Å². The van der Waals surface area contributed by atoms with E-state index in [0.717, 1.165) is 25.9 Å². The van der Waals surface area contributed by atoms with Crippen LogP contribution in [0.5, 0.6) is 0 Å². The van der Waals surface area contributed by atoms with E-state index < -0.39 is 5.97 Å². The summed E-state index contributed by atoms with van der Waals surface area (Å²) in [5, 5.41) is 9.02. The van der Waals surface area contributed by atoms with Crippen LogP contribution in [0.15, 0.2) is 0 Å². The van der Waals surface area contributed by atoms with E-state index in [9.17, 15) is 9.59 Å². The molecule has 0 radical (unpaired) electrons. The lowest BCUT2D eigenvalue weighted by Gasteiger charge is -2.36. The Morgan fingerprint density at radius 2 is 2.05 bits per heavy atom. The lowest BCUT2D eigenvalue weighted by molar-refractivity contribution is -0.138. The molecule has 1 N–H and O–H groups in total. The fraction of sp³-hybridized carbons (Fsp3) is 0.857. The molecule has 1 saturated heterocycles. The van der Waals surface area contributed by atoms with Gasteiger partial charge in [-0.25, -0.2) is 4.79 Å². The first kappa shape index (κ1) is 16.8. The van der Waals surface area contributed by atoms with Gasteiger partial charge in [-0.1, -0.05) is 6.92 Å². The number of carboxylic acid groups (broad SMARTS) is 1. The van der Waals surface area contributed by atoms with Gasteiger partial charge in [-0.15, -0.1) is 0 Å². The number of urea groups is 1. The Morgan fingerprint density at radius 1 is 1.40 bits per heavy atom. The summed E-state index contributed by atoms with van der Waals surface area (Å²) in [4.78, 5) is 29.2. The number of likely N-dealkylation sites (N-methyl/N-ethyl adjacent to an activating group) is 1. The Balaban J connectivity index is 2.83. The lowest BCUT2D eigenvalue weighted by atomic mass is 10.2. The molecule has 2 unspecified atom stereocenters. The van der Waals surface area contributed by atoms with Gasteiger partial charge < -0.3 is 19.8 Å². The van der Waals surface area contributed by atoms with E-state index in [2.05, 4.69) is 4.90 Å². The summed E-state index contributed by atoms with van der Waals surface area (Å²) in [5.74, 6) is -0.960. The van der Waals surface area contributed by atoms with Crippen molar-refractivity contribution in [3.8, 4) is 0 Å². The summed E-state index contributed by atoms with van der Waals surface area (Å²) in [6.45, 7) is 8.14. The van der Waals surface area contributed by atoms with E-state index in [1.807, 2.05) is 32.7 Å². The van der Waals surface area contributed by atoms with Gasteiger partial charge in [-0.2, -0.15) is 0 Å². The summed E-state index contributed by atoms with van der Waals surface area (Å²) in [6.07, 6.45) is 1.68. The molecule has 0 aromatic carbocycles. The van der Waals surface area contributed by atoms with E-state index in [-0.39, 0.29) is 24.7 Å². The number of aliphatic carboxylic acids is 1. The van der Waals surface area contributed by atoms with Crippen molar-refractivity contribution in [3.63, 3.8) is 0 Å². The van der Waals surface area contributed by atoms with Gasteiger partial charge in [0.15, 0.2) is 0 Å². The highest BCUT2D eigenvalue weighted by molar-refractivity contribution is 5.80. The highest BCUT2D eigenvalue weighted by Gasteiger charge is 2.30. The minimum absolute atomic E-state index is 0.0632. The highest BCUT2D eigenvalue weighted by atomic mass is 16.4. The third-order valence-corrected chi connectivity index (χ3v) is 3.97. The fourth-order valence-corrected chi connectivity index (χ4v) is 2.60. The third kappa shape index (κ3) is 4.37. The first-order valence-corrected chi connectivity index (χ1v) is 7.34. The zero-order valence-electron chi connectivity index (χ0n) is 13.0. The SMILES string of the molecule is CCC(C)N(CC(=O)O)C(=O)N1CCCN(C)CC1C. The summed E-state index contributed by atoms with van der Waals surface area (Å²) in [7, 11) is 2.05. The molecule has 0 aliphatic carbocycles. The van der Waals surface area contributed by atoms with E-state index in [0.29, 0.717) is 6.54 Å². The van der Waals surface area contributed by atoms with Crippen molar-refractivity contribution >= 4 is 12.0 Å². The van der Waals surface area contributed by atoms with E-state index in [1.54, 1.807) is 0 Å². The molecule has 1 heterocycles. The molecule has 1 aliphatic heterocycles. The van der Waals surface area contributed by atoms with Crippen LogP contribution in [0.3, 0.4) is 0 Å². The van der Waals surface area contributed by atoms with Crippen molar-refractivity contribution < 1.29 is 14.7 Å². The average molecular weight is 285 g/mol. The van der Waals surface area contributed by atoms with Crippen LogP contribution in [0.1, 0.15) is 33.6 Å². The number of carbonyl (C=O) groups is 2. The van der Waals surface area contributed by atoms with Crippen LogP contribution < -0.4 is 0 Å². The second kappa shape index (κ2) is 7.47. The van der Waals surface area contributed by atoms with Crippen LogP contribution >= 0.6 is 0 Å². The van der Waals surface area contributed by atoms with Crippen molar-refractivity contribution in [1.29, 1.82) is 0 Å². The maximum atomic E-state index is 12.7. The van der Waals surface area contributed by atoms with E-state index in [1.165, 1.54) is 4.90 Å². The Kier molecular flexibility index (Phi) is 6.26. The van der Waals surface area contributed by atoms with Crippen LogP contribution in [-0.4, -0.2) is 77.1 Å². The van der Waals surface area contributed by atoms with Gasteiger partial charge in [0.05, 0.1) is 0 Å². The van der Waals surface area contributed by atoms with Gasteiger partial charge in [-0.05, 0) is 40.3 Å². The quantitative estimate of drug-likeness (QED) is 0.846. The standard InChI is InChI=1S/C14H27N3O3/c1-5-11(2)17(10-13(18)19)14(20)16-8-6-7-15(4)9-12(16)3/h11-12H,5-10H2,1-4H3,(H,18,19). The Morgan fingerprint density at radius 3 is 2.60 bits per heavy atom. The molecule has 6 heteroatoms. The zero-order chi connectivity index (χ0) is 15.3.